The molecule has 0 spiro atoms. The zero-order chi connectivity index (χ0) is 23.7. The van der Waals surface area contributed by atoms with Gasteiger partial charge < -0.3 is 18.6 Å². The third kappa shape index (κ3) is 5.22. The van der Waals surface area contributed by atoms with Crippen molar-refractivity contribution in [3.8, 4) is 22.6 Å². The van der Waals surface area contributed by atoms with Gasteiger partial charge in [0.25, 0.3) is 0 Å². The van der Waals surface area contributed by atoms with Crippen molar-refractivity contribution >= 4 is 16.9 Å². The third-order valence-electron chi connectivity index (χ3n) is 4.28. The molecule has 3 aromatic rings. The van der Waals surface area contributed by atoms with Crippen LogP contribution in [0.4, 0.5) is 13.2 Å². The molecule has 170 valence electrons. The summed E-state index contributed by atoms with van der Waals surface area (Å²) in [5.41, 5.74) is -2.44. The number of alkyl halides is 3. The molecule has 6 nitrogen and oxygen atoms in total. The van der Waals surface area contributed by atoms with Crippen LogP contribution in [0.1, 0.15) is 26.5 Å². The minimum absolute atomic E-state index is 0.0408. The first-order valence-corrected chi connectivity index (χ1v) is 9.56. The molecule has 0 fully saturated rings. The van der Waals surface area contributed by atoms with Crippen LogP contribution in [0.5, 0.6) is 11.5 Å². The van der Waals surface area contributed by atoms with E-state index in [4.69, 9.17) is 18.6 Å². The van der Waals surface area contributed by atoms with Crippen LogP contribution in [-0.4, -0.2) is 25.3 Å². The number of hydrogen-bond acceptors (Lipinski definition) is 6. The van der Waals surface area contributed by atoms with Crippen LogP contribution in [0.3, 0.4) is 0 Å². The molecule has 1 aromatic heterocycles. The van der Waals surface area contributed by atoms with Gasteiger partial charge in [-0.1, -0.05) is 12.1 Å². The minimum Gasteiger partial charge on any atom is -0.497 e. The second-order valence-electron chi connectivity index (χ2n) is 7.89. The van der Waals surface area contributed by atoms with E-state index in [-0.39, 0.29) is 22.3 Å². The normalized spacial score (nSPS) is 12.0. The fourth-order valence-electron chi connectivity index (χ4n) is 3.00. The van der Waals surface area contributed by atoms with Gasteiger partial charge in [0, 0.05) is 6.07 Å². The van der Waals surface area contributed by atoms with Crippen molar-refractivity contribution < 1.29 is 36.6 Å². The number of hydrogen-bond donors (Lipinski definition) is 0. The van der Waals surface area contributed by atoms with E-state index in [2.05, 4.69) is 0 Å². The topological polar surface area (TPSA) is 75.0 Å². The minimum atomic E-state index is -4.92. The smallest absolute Gasteiger partial charge is 0.450 e. The fourth-order valence-corrected chi connectivity index (χ4v) is 3.00. The van der Waals surface area contributed by atoms with Gasteiger partial charge >= 0.3 is 12.1 Å². The van der Waals surface area contributed by atoms with Crippen LogP contribution in [0.25, 0.3) is 22.1 Å². The molecule has 9 heteroatoms. The maximum absolute atomic E-state index is 13.7. The molecule has 0 aliphatic heterocycles. The number of halogens is 3. The van der Waals surface area contributed by atoms with Crippen molar-refractivity contribution in [2.24, 2.45) is 0 Å². The molecule has 0 radical (unpaired) electrons. The summed E-state index contributed by atoms with van der Waals surface area (Å²) in [6, 6.07) is 9.40. The van der Waals surface area contributed by atoms with Gasteiger partial charge in [-0.05, 0) is 50.6 Å². The van der Waals surface area contributed by atoms with Crippen LogP contribution in [0.15, 0.2) is 51.7 Å². The summed E-state index contributed by atoms with van der Waals surface area (Å²) >= 11 is 0. The second-order valence-corrected chi connectivity index (χ2v) is 7.89. The highest BCUT2D eigenvalue weighted by Crippen LogP contribution is 2.38. The van der Waals surface area contributed by atoms with Crippen LogP contribution >= 0.6 is 0 Å². The number of esters is 1. The molecule has 0 saturated carbocycles. The molecule has 0 aliphatic rings. The Morgan fingerprint density at radius 3 is 2.19 bits per heavy atom. The number of fused-ring (bicyclic) bond motifs is 1. The molecule has 32 heavy (non-hydrogen) atoms. The maximum Gasteiger partial charge on any atom is 0.450 e. The van der Waals surface area contributed by atoms with E-state index in [1.807, 2.05) is 0 Å². The number of ether oxygens (including phenoxy) is 3. The summed E-state index contributed by atoms with van der Waals surface area (Å²) in [5.74, 6) is -1.59. The molecule has 2 aromatic carbocycles. The fraction of sp³-hybridized carbons (Fsp3) is 0.304. The number of methoxy groups -OCH3 is 1. The summed E-state index contributed by atoms with van der Waals surface area (Å²) in [6.07, 6.45) is -4.92. The Kier molecular flexibility index (Phi) is 6.20. The quantitative estimate of drug-likeness (QED) is 0.497. The average Bonchev–Trinajstić information content (AvgIpc) is 2.70. The Hall–Kier alpha value is -3.49. The maximum atomic E-state index is 13.7. The van der Waals surface area contributed by atoms with Crippen LogP contribution < -0.4 is 14.9 Å². The zero-order valence-corrected chi connectivity index (χ0v) is 17.8. The molecular weight excluding hydrogens is 429 g/mol. The second kappa shape index (κ2) is 8.57. The number of benzene rings is 2. The van der Waals surface area contributed by atoms with Gasteiger partial charge in [0.1, 0.15) is 22.7 Å². The first-order chi connectivity index (χ1) is 14.9. The van der Waals surface area contributed by atoms with Crippen molar-refractivity contribution in [1.82, 2.24) is 0 Å². The highest BCUT2D eigenvalue weighted by molar-refractivity contribution is 5.84. The monoisotopic (exact) mass is 450 g/mol. The van der Waals surface area contributed by atoms with Crippen molar-refractivity contribution in [2.45, 2.75) is 32.5 Å². The van der Waals surface area contributed by atoms with Crippen LogP contribution in [-0.2, 0) is 15.7 Å². The van der Waals surface area contributed by atoms with E-state index < -0.39 is 41.1 Å². The van der Waals surface area contributed by atoms with Gasteiger partial charge in [-0.2, -0.15) is 13.2 Å². The lowest BCUT2D eigenvalue weighted by molar-refractivity contribution is -0.157. The molecular formula is C23H21F3O6. The van der Waals surface area contributed by atoms with Gasteiger partial charge in [0.15, 0.2) is 6.61 Å². The molecule has 0 atom stereocenters. The van der Waals surface area contributed by atoms with E-state index in [9.17, 15) is 22.8 Å². The van der Waals surface area contributed by atoms with Gasteiger partial charge in [-0.15, -0.1) is 0 Å². The SMILES string of the molecule is COc1ccc(-c2c(C(F)(F)F)oc3cc(OCC(=O)OC(C)(C)C)ccc3c2=O)cc1. The average molecular weight is 450 g/mol. The number of carbonyl (C=O) groups excluding carboxylic acids is 1. The molecule has 0 amide bonds. The van der Waals surface area contributed by atoms with Crippen molar-refractivity contribution in [2.75, 3.05) is 13.7 Å². The number of carbonyl (C=O) groups is 1. The zero-order valence-electron chi connectivity index (χ0n) is 17.8. The third-order valence-corrected chi connectivity index (χ3v) is 4.28. The van der Waals surface area contributed by atoms with Gasteiger partial charge in [-0.25, -0.2) is 4.79 Å². The van der Waals surface area contributed by atoms with Crippen LogP contribution in [0, 0.1) is 0 Å². The lowest BCUT2D eigenvalue weighted by atomic mass is 10.0. The van der Waals surface area contributed by atoms with E-state index in [1.165, 1.54) is 43.5 Å². The van der Waals surface area contributed by atoms with Gasteiger partial charge in [0.05, 0.1) is 18.1 Å². The standard InChI is InChI=1S/C23H21F3O6/c1-22(2,3)32-18(27)12-30-15-9-10-16-17(11-15)31-21(23(24,25)26)19(20(16)28)13-5-7-14(29-4)8-6-13/h5-11H,12H2,1-4H3. The Morgan fingerprint density at radius 2 is 1.62 bits per heavy atom. The van der Waals surface area contributed by atoms with E-state index in [1.54, 1.807) is 20.8 Å². The van der Waals surface area contributed by atoms with Crippen molar-refractivity contribution in [1.29, 1.82) is 0 Å². The predicted molar refractivity (Wildman–Crippen MR) is 111 cm³/mol. The summed E-state index contributed by atoms with van der Waals surface area (Å²) in [7, 11) is 1.42. The lowest BCUT2D eigenvalue weighted by Gasteiger charge is -2.19. The predicted octanol–water partition coefficient (Wildman–Crippen LogP) is 5.21. The molecule has 0 aliphatic carbocycles. The Balaban J connectivity index is 2.03. The van der Waals surface area contributed by atoms with Gasteiger partial charge in [0.2, 0.25) is 11.2 Å². The lowest BCUT2D eigenvalue weighted by Crippen LogP contribution is -2.27. The summed E-state index contributed by atoms with van der Waals surface area (Å²) in [5, 5.41) is -0.0616. The van der Waals surface area contributed by atoms with Crippen molar-refractivity contribution in [3.63, 3.8) is 0 Å². The number of rotatable bonds is 5. The molecule has 1 heterocycles. The summed E-state index contributed by atoms with van der Waals surface area (Å²) in [6.45, 7) is 4.61. The molecule has 0 bridgehead atoms. The van der Waals surface area contributed by atoms with Gasteiger partial charge in [-0.3, -0.25) is 4.79 Å². The van der Waals surface area contributed by atoms with Crippen molar-refractivity contribution in [3.05, 3.63) is 58.4 Å². The largest absolute Gasteiger partial charge is 0.497 e. The summed E-state index contributed by atoms with van der Waals surface area (Å²) in [4.78, 5) is 24.8. The Morgan fingerprint density at radius 1 is 1.00 bits per heavy atom. The molecule has 3 rings (SSSR count). The highest BCUT2D eigenvalue weighted by atomic mass is 19.4. The first kappa shape index (κ1) is 23.2. The Bertz CT molecular complexity index is 1190. The van der Waals surface area contributed by atoms with E-state index in [0.29, 0.717) is 5.75 Å². The van der Waals surface area contributed by atoms with E-state index in [0.717, 1.165) is 6.07 Å². The Labute approximate surface area is 181 Å². The highest BCUT2D eigenvalue weighted by Gasteiger charge is 2.39. The molecule has 0 saturated heterocycles. The van der Waals surface area contributed by atoms with E-state index >= 15 is 0 Å². The van der Waals surface area contributed by atoms with Crippen LogP contribution in [0.2, 0.25) is 0 Å². The molecule has 0 unspecified atom stereocenters. The first-order valence-electron chi connectivity index (χ1n) is 9.56. The summed E-state index contributed by atoms with van der Waals surface area (Å²) < 4.78 is 61.8. The molecule has 0 N–H and O–H groups in total.